The van der Waals surface area contributed by atoms with E-state index in [0.717, 1.165) is 34.5 Å². The van der Waals surface area contributed by atoms with Crippen molar-refractivity contribution in [1.29, 1.82) is 0 Å². The van der Waals surface area contributed by atoms with E-state index < -0.39 is 0 Å². The van der Waals surface area contributed by atoms with Crippen molar-refractivity contribution in [2.24, 2.45) is 0 Å². The lowest BCUT2D eigenvalue weighted by Gasteiger charge is -2.05. The fraction of sp³-hybridized carbons (Fsp3) is 0.385. The van der Waals surface area contributed by atoms with Crippen LogP contribution in [0.2, 0.25) is 0 Å². The van der Waals surface area contributed by atoms with Crippen LogP contribution >= 0.6 is 15.9 Å². The number of unbranched alkanes of at least 4 members (excludes halogenated alkanes) is 1. The maximum absolute atomic E-state index is 11.6. The molecular formula is C13H16BrN3O. The van der Waals surface area contributed by atoms with Crippen molar-refractivity contribution in [3.63, 3.8) is 0 Å². The van der Waals surface area contributed by atoms with E-state index >= 15 is 0 Å². The Balaban J connectivity index is 2.19. The minimum absolute atomic E-state index is 0.0594. The Hall–Kier alpha value is -1.36. The van der Waals surface area contributed by atoms with Crippen LogP contribution in [0.5, 0.6) is 0 Å². The summed E-state index contributed by atoms with van der Waals surface area (Å²) in [6.07, 6.45) is 4.39. The first-order valence-electron chi connectivity index (χ1n) is 6.06. The Morgan fingerprint density at radius 3 is 3.00 bits per heavy atom. The fourth-order valence-electron chi connectivity index (χ4n) is 1.77. The zero-order valence-electron chi connectivity index (χ0n) is 10.5. The summed E-state index contributed by atoms with van der Waals surface area (Å²) in [5.74, 6) is 0.0594. The maximum Gasteiger partial charge on any atom is 0.224 e. The fourth-order valence-corrected chi connectivity index (χ4v) is 2.14. The molecule has 2 rings (SSSR count). The van der Waals surface area contributed by atoms with Gasteiger partial charge in [-0.2, -0.15) is 0 Å². The molecule has 4 nitrogen and oxygen atoms in total. The number of halogens is 1. The molecule has 0 aliphatic carbocycles. The number of rotatable bonds is 4. The van der Waals surface area contributed by atoms with Gasteiger partial charge in [0.2, 0.25) is 5.91 Å². The van der Waals surface area contributed by atoms with Crippen molar-refractivity contribution in [3.8, 4) is 0 Å². The lowest BCUT2D eigenvalue weighted by atomic mass is 10.2. The molecule has 0 bridgehead atoms. The number of amides is 1. The van der Waals surface area contributed by atoms with Crippen LogP contribution in [-0.2, 0) is 4.79 Å². The van der Waals surface area contributed by atoms with Gasteiger partial charge in [0.25, 0.3) is 0 Å². The molecule has 1 amide bonds. The zero-order chi connectivity index (χ0) is 13.1. The van der Waals surface area contributed by atoms with E-state index in [9.17, 15) is 4.79 Å². The first-order valence-corrected chi connectivity index (χ1v) is 6.85. The molecule has 0 saturated heterocycles. The van der Waals surface area contributed by atoms with Gasteiger partial charge in [-0.25, -0.2) is 4.98 Å². The minimum Gasteiger partial charge on any atom is -0.325 e. The SMILES string of the molecule is CCCCC(=O)Nc1ccc2nc(C)c(Br)n2c1. The molecular weight excluding hydrogens is 294 g/mol. The van der Waals surface area contributed by atoms with Crippen LogP contribution in [0.15, 0.2) is 22.9 Å². The van der Waals surface area contributed by atoms with Gasteiger partial charge in [-0.15, -0.1) is 0 Å². The predicted molar refractivity (Wildman–Crippen MR) is 75.8 cm³/mol. The van der Waals surface area contributed by atoms with Gasteiger partial charge in [0.1, 0.15) is 10.3 Å². The average Bonchev–Trinajstić information content (AvgIpc) is 2.63. The van der Waals surface area contributed by atoms with Crippen LogP contribution in [0, 0.1) is 6.92 Å². The van der Waals surface area contributed by atoms with Gasteiger partial charge >= 0.3 is 0 Å². The quantitative estimate of drug-likeness (QED) is 0.939. The first-order chi connectivity index (χ1) is 8.61. The third-order valence-corrected chi connectivity index (χ3v) is 3.72. The molecule has 0 aromatic carbocycles. The molecule has 18 heavy (non-hydrogen) atoms. The van der Waals surface area contributed by atoms with Crippen molar-refractivity contribution in [2.45, 2.75) is 33.1 Å². The highest BCUT2D eigenvalue weighted by Gasteiger charge is 2.07. The monoisotopic (exact) mass is 309 g/mol. The van der Waals surface area contributed by atoms with E-state index in [1.807, 2.05) is 29.7 Å². The van der Waals surface area contributed by atoms with Crippen LogP contribution in [0.3, 0.4) is 0 Å². The van der Waals surface area contributed by atoms with Gasteiger partial charge in [0.05, 0.1) is 11.4 Å². The van der Waals surface area contributed by atoms with E-state index in [2.05, 4.69) is 33.2 Å². The number of aromatic nitrogens is 2. The van der Waals surface area contributed by atoms with Crippen LogP contribution in [-0.4, -0.2) is 15.3 Å². The third-order valence-electron chi connectivity index (χ3n) is 2.76. The first kappa shape index (κ1) is 13.1. The van der Waals surface area contributed by atoms with Gasteiger partial charge in [-0.3, -0.25) is 9.20 Å². The topological polar surface area (TPSA) is 46.4 Å². The van der Waals surface area contributed by atoms with Crippen molar-refractivity contribution >= 4 is 33.2 Å². The number of carbonyl (C=O) groups is 1. The molecule has 2 aromatic rings. The Morgan fingerprint density at radius 2 is 2.28 bits per heavy atom. The summed E-state index contributed by atoms with van der Waals surface area (Å²) in [5.41, 5.74) is 2.59. The number of aryl methyl sites for hydroxylation is 1. The van der Waals surface area contributed by atoms with Gasteiger partial charge in [-0.1, -0.05) is 13.3 Å². The molecule has 0 fully saturated rings. The summed E-state index contributed by atoms with van der Waals surface area (Å²) in [6.45, 7) is 4.02. The summed E-state index contributed by atoms with van der Waals surface area (Å²) in [6, 6.07) is 3.77. The number of nitrogens with zero attached hydrogens (tertiary/aromatic N) is 2. The highest BCUT2D eigenvalue weighted by Crippen LogP contribution is 2.20. The van der Waals surface area contributed by atoms with Gasteiger partial charge in [-0.05, 0) is 41.4 Å². The standard InChI is InChI=1S/C13H16BrN3O/c1-3-4-5-12(18)16-10-6-7-11-15-9(2)13(14)17(11)8-10/h6-8H,3-5H2,1-2H3,(H,16,18). The summed E-state index contributed by atoms with van der Waals surface area (Å²) in [4.78, 5) is 16.0. The molecule has 0 spiro atoms. The number of hydrogen-bond acceptors (Lipinski definition) is 2. The smallest absolute Gasteiger partial charge is 0.224 e. The van der Waals surface area contributed by atoms with E-state index in [1.165, 1.54) is 0 Å². The second kappa shape index (κ2) is 5.52. The Morgan fingerprint density at radius 1 is 1.50 bits per heavy atom. The third kappa shape index (κ3) is 2.72. The highest BCUT2D eigenvalue weighted by atomic mass is 79.9. The summed E-state index contributed by atoms with van der Waals surface area (Å²) < 4.78 is 2.84. The molecule has 0 aliphatic heterocycles. The van der Waals surface area contributed by atoms with Crippen LogP contribution in [0.4, 0.5) is 5.69 Å². The van der Waals surface area contributed by atoms with Gasteiger partial charge in [0, 0.05) is 12.6 Å². The lowest BCUT2D eigenvalue weighted by Crippen LogP contribution is -2.11. The normalized spacial score (nSPS) is 10.8. The largest absolute Gasteiger partial charge is 0.325 e. The molecule has 0 aliphatic rings. The summed E-state index contributed by atoms with van der Waals surface area (Å²) in [5, 5.41) is 2.90. The van der Waals surface area contributed by atoms with Gasteiger partial charge in [0.15, 0.2) is 0 Å². The Labute approximate surface area is 115 Å². The van der Waals surface area contributed by atoms with E-state index in [4.69, 9.17) is 0 Å². The molecule has 0 saturated carbocycles. The number of pyridine rings is 1. The Bertz CT molecular complexity index is 577. The maximum atomic E-state index is 11.6. The van der Waals surface area contributed by atoms with E-state index in [0.29, 0.717) is 6.42 Å². The number of hydrogen-bond donors (Lipinski definition) is 1. The van der Waals surface area contributed by atoms with Crippen LogP contribution in [0.25, 0.3) is 5.65 Å². The molecule has 2 heterocycles. The van der Waals surface area contributed by atoms with Crippen molar-refractivity contribution in [2.75, 3.05) is 5.32 Å². The molecule has 0 unspecified atom stereocenters. The number of imidazole rings is 1. The number of nitrogens with one attached hydrogen (secondary N) is 1. The van der Waals surface area contributed by atoms with E-state index in [-0.39, 0.29) is 5.91 Å². The van der Waals surface area contributed by atoms with Crippen LogP contribution < -0.4 is 5.32 Å². The number of fused-ring (bicyclic) bond motifs is 1. The molecule has 96 valence electrons. The summed E-state index contributed by atoms with van der Waals surface area (Å²) >= 11 is 3.48. The molecule has 0 radical (unpaired) electrons. The number of anilines is 1. The molecule has 0 atom stereocenters. The molecule has 5 heteroatoms. The van der Waals surface area contributed by atoms with Crippen LogP contribution in [0.1, 0.15) is 31.9 Å². The second-order valence-corrected chi connectivity index (χ2v) is 5.04. The second-order valence-electron chi connectivity index (χ2n) is 4.29. The van der Waals surface area contributed by atoms with Gasteiger partial charge < -0.3 is 5.32 Å². The minimum atomic E-state index is 0.0594. The van der Waals surface area contributed by atoms with Crippen molar-refractivity contribution in [1.82, 2.24) is 9.38 Å². The lowest BCUT2D eigenvalue weighted by molar-refractivity contribution is -0.116. The average molecular weight is 310 g/mol. The predicted octanol–water partition coefficient (Wildman–Crippen LogP) is 3.53. The molecule has 1 N–H and O–H groups in total. The van der Waals surface area contributed by atoms with Crippen molar-refractivity contribution < 1.29 is 4.79 Å². The summed E-state index contributed by atoms with van der Waals surface area (Å²) in [7, 11) is 0. The molecule has 2 aromatic heterocycles. The number of carbonyl (C=O) groups excluding carboxylic acids is 1. The Kier molecular flexibility index (Phi) is 4.01. The van der Waals surface area contributed by atoms with Crippen molar-refractivity contribution in [3.05, 3.63) is 28.6 Å². The highest BCUT2D eigenvalue weighted by molar-refractivity contribution is 9.10. The zero-order valence-corrected chi connectivity index (χ0v) is 12.1. The van der Waals surface area contributed by atoms with E-state index in [1.54, 1.807) is 0 Å².